The number of hydrogen-bond acceptors (Lipinski definition) is 6. The molecule has 6 heteroatoms. The number of benzene rings is 5. The van der Waals surface area contributed by atoms with Crippen molar-refractivity contribution in [1.29, 1.82) is 0 Å². The lowest BCUT2D eigenvalue weighted by Gasteiger charge is -2.26. The maximum Gasteiger partial charge on any atom is 0.134 e. The van der Waals surface area contributed by atoms with Gasteiger partial charge in [-0.05, 0) is 23.1 Å². The number of fused-ring (bicyclic) bond motifs is 14. The molecule has 5 aromatic rings. The third kappa shape index (κ3) is 5.80. The highest BCUT2D eigenvalue weighted by Crippen LogP contribution is 2.52. The van der Waals surface area contributed by atoms with E-state index in [2.05, 4.69) is 106 Å². The molecule has 6 rings (SSSR count). The second kappa shape index (κ2) is 13.3. The van der Waals surface area contributed by atoms with Gasteiger partial charge in [-0.1, -0.05) is 93.6 Å². The molecule has 242 valence electrons. The number of methoxy groups -OCH3 is 5. The second-order valence-electron chi connectivity index (χ2n) is 12.6. The molecule has 1 aliphatic rings. The minimum atomic E-state index is -0.158. The van der Waals surface area contributed by atoms with Gasteiger partial charge >= 0.3 is 0 Å². The van der Waals surface area contributed by atoms with E-state index in [0.29, 0.717) is 0 Å². The molecule has 0 spiro atoms. The first-order valence-electron chi connectivity index (χ1n) is 15.7. The molecule has 0 saturated heterocycles. The second-order valence-corrected chi connectivity index (χ2v) is 13.6. The summed E-state index contributed by atoms with van der Waals surface area (Å²) in [6.07, 6.45) is 0. The third-order valence-electron chi connectivity index (χ3n) is 8.87. The fraction of sp³-hybridized carbons (Fsp3) is 0.268. The Bertz CT molecular complexity index is 1810. The Morgan fingerprint density at radius 2 is 0.723 bits per heavy atom. The van der Waals surface area contributed by atoms with Gasteiger partial charge in [-0.25, -0.2) is 0 Å². The summed E-state index contributed by atoms with van der Waals surface area (Å²) in [4.78, 5) is 0. The van der Waals surface area contributed by atoms with Crippen molar-refractivity contribution in [2.45, 2.75) is 37.7 Å². The number of rotatable bonds is 5. The first kappa shape index (κ1) is 32.4. The van der Waals surface area contributed by atoms with Crippen LogP contribution < -0.4 is 23.7 Å². The van der Waals surface area contributed by atoms with Crippen LogP contribution in [0, 0.1) is 0 Å². The summed E-state index contributed by atoms with van der Waals surface area (Å²) in [5.41, 5.74) is 10.8. The molecule has 5 nitrogen and oxygen atoms in total. The molecule has 0 saturated carbocycles. The van der Waals surface area contributed by atoms with Crippen molar-refractivity contribution in [3.05, 3.63) is 102 Å². The third-order valence-corrected chi connectivity index (χ3v) is 9.90. The van der Waals surface area contributed by atoms with Gasteiger partial charge in [0.05, 0.1) is 35.5 Å². The van der Waals surface area contributed by atoms with Gasteiger partial charge in [-0.3, -0.25) is 0 Å². The topological polar surface area (TPSA) is 46.2 Å². The first-order valence-corrected chi connectivity index (χ1v) is 16.9. The number of hydrogen-bond donors (Lipinski definition) is 0. The number of ether oxygens (including phenoxy) is 5. The average molecular weight is 647 g/mol. The maximum atomic E-state index is 6.33. The zero-order valence-electron chi connectivity index (χ0n) is 28.4. The molecule has 0 aliphatic carbocycles. The van der Waals surface area contributed by atoms with Crippen LogP contribution >= 0.6 is 11.8 Å². The van der Waals surface area contributed by atoms with Gasteiger partial charge in [0.15, 0.2) is 0 Å². The van der Waals surface area contributed by atoms with E-state index in [4.69, 9.17) is 23.7 Å². The van der Waals surface area contributed by atoms with Gasteiger partial charge in [-0.2, -0.15) is 11.8 Å². The fourth-order valence-corrected chi connectivity index (χ4v) is 7.61. The molecule has 1 aliphatic heterocycles. The normalized spacial score (nSPS) is 12.4. The summed E-state index contributed by atoms with van der Waals surface area (Å²) in [5.74, 6) is 5.45. The van der Waals surface area contributed by atoms with E-state index in [0.717, 1.165) is 101 Å². The highest BCUT2D eigenvalue weighted by molar-refractivity contribution is 7.97. The molecule has 10 bridgehead atoms. The summed E-state index contributed by atoms with van der Waals surface area (Å²) in [5, 5.41) is 0. The molecule has 0 atom stereocenters. The summed E-state index contributed by atoms with van der Waals surface area (Å²) < 4.78 is 31.1. The largest absolute Gasteiger partial charge is 0.496 e. The van der Waals surface area contributed by atoms with Gasteiger partial charge < -0.3 is 23.7 Å². The number of thioether (sulfide) groups is 1. The van der Waals surface area contributed by atoms with Crippen LogP contribution in [0.2, 0.25) is 0 Å². The lowest BCUT2D eigenvalue weighted by atomic mass is 9.82. The minimum Gasteiger partial charge on any atom is -0.496 e. The summed E-state index contributed by atoms with van der Waals surface area (Å²) in [7, 11) is 8.68. The van der Waals surface area contributed by atoms with Crippen molar-refractivity contribution in [3.8, 4) is 73.3 Å². The minimum absolute atomic E-state index is 0.158. The van der Waals surface area contributed by atoms with Crippen LogP contribution in [0.15, 0.2) is 84.9 Å². The zero-order valence-corrected chi connectivity index (χ0v) is 29.3. The Morgan fingerprint density at radius 3 is 1.06 bits per heavy atom. The van der Waals surface area contributed by atoms with E-state index in [1.807, 2.05) is 11.8 Å². The number of para-hydroxylation sites is 4. The lowest BCUT2D eigenvalue weighted by Crippen LogP contribution is -2.12. The van der Waals surface area contributed by atoms with E-state index in [1.165, 1.54) is 0 Å². The maximum absolute atomic E-state index is 6.33. The van der Waals surface area contributed by atoms with Crippen LogP contribution in [0.5, 0.6) is 28.7 Å². The fourth-order valence-electron chi connectivity index (χ4n) is 6.62. The van der Waals surface area contributed by atoms with E-state index in [1.54, 1.807) is 35.5 Å². The molecule has 5 aromatic carbocycles. The van der Waals surface area contributed by atoms with Crippen LogP contribution in [0.3, 0.4) is 0 Å². The van der Waals surface area contributed by atoms with Crippen LogP contribution in [0.25, 0.3) is 44.5 Å². The Balaban J connectivity index is 1.78. The molecule has 47 heavy (non-hydrogen) atoms. The van der Waals surface area contributed by atoms with Gasteiger partial charge in [0.2, 0.25) is 0 Å². The van der Waals surface area contributed by atoms with Crippen molar-refractivity contribution >= 4 is 11.8 Å². The summed E-state index contributed by atoms with van der Waals surface area (Å²) >= 11 is 1.82. The molecule has 0 radical (unpaired) electrons. The van der Waals surface area contributed by atoms with E-state index in [9.17, 15) is 0 Å². The van der Waals surface area contributed by atoms with Crippen molar-refractivity contribution in [2.24, 2.45) is 0 Å². The van der Waals surface area contributed by atoms with E-state index in [-0.39, 0.29) is 5.41 Å². The smallest absolute Gasteiger partial charge is 0.134 e. The van der Waals surface area contributed by atoms with Gasteiger partial charge in [-0.15, -0.1) is 0 Å². The average Bonchev–Trinajstić information content (AvgIpc) is 3.09. The van der Waals surface area contributed by atoms with Crippen LogP contribution in [-0.2, 0) is 16.9 Å². The van der Waals surface area contributed by atoms with E-state index < -0.39 is 0 Å². The standard InChI is InChI=1S/C41H42O5S/c1-41(2,3)27-21-34-32-19-11-17-30(38(32)44-6)28-15-9-13-25(36(28)42-4)23-47-24-26-14-10-16-29(37(26)43-5)31-18-12-20-33(39(31)45-7)35(22-27)40(34)46-8/h9-22H,23-24H2,1-8H3. The molecule has 0 amide bonds. The Kier molecular flexibility index (Phi) is 9.16. The first-order chi connectivity index (χ1) is 22.7. The van der Waals surface area contributed by atoms with Crippen LogP contribution in [0.4, 0.5) is 0 Å². The van der Waals surface area contributed by atoms with Crippen LogP contribution in [-0.4, -0.2) is 35.5 Å². The van der Waals surface area contributed by atoms with E-state index >= 15 is 0 Å². The predicted octanol–water partition coefficient (Wildman–Crippen LogP) is 10.4. The van der Waals surface area contributed by atoms with Gasteiger partial charge in [0.25, 0.3) is 0 Å². The highest BCUT2D eigenvalue weighted by atomic mass is 32.2. The van der Waals surface area contributed by atoms with Crippen molar-refractivity contribution in [1.82, 2.24) is 0 Å². The molecule has 0 fully saturated rings. The SMILES string of the molecule is COc1c2cccc1-c1cccc(c1OC)-c1cc(C(C)(C)C)cc(c1OC)-c1cccc(c1OC)-c1cccc(c1OC)CSC2. The van der Waals surface area contributed by atoms with Gasteiger partial charge in [0.1, 0.15) is 28.7 Å². The zero-order chi connectivity index (χ0) is 33.3. The Hall–Kier alpha value is -4.55. The van der Waals surface area contributed by atoms with Gasteiger partial charge in [0, 0.05) is 67.1 Å². The summed E-state index contributed by atoms with van der Waals surface area (Å²) in [6, 6.07) is 29.7. The molecular formula is C41H42O5S. The highest BCUT2D eigenvalue weighted by Gasteiger charge is 2.27. The molecule has 1 heterocycles. The molecular weight excluding hydrogens is 605 g/mol. The molecule has 0 unspecified atom stereocenters. The monoisotopic (exact) mass is 646 g/mol. The van der Waals surface area contributed by atoms with Crippen LogP contribution in [0.1, 0.15) is 37.5 Å². The van der Waals surface area contributed by atoms with Crippen molar-refractivity contribution in [2.75, 3.05) is 35.5 Å². The molecule has 0 N–H and O–H groups in total. The van der Waals surface area contributed by atoms with Crippen molar-refractivity contribution < 1.29 is 23.7 Å². The van der Waals surface area contributed by atoms with Crippen molar-refractivity contribution in [3.63, 3.8) is 0 Å². The summed E-state index contributed by atoms with van der Waals surface area (Å²) in [6.45, 7) is 6.69. The quantitative estimate of drug-likeness (QED) is 0.189. The Labute approximate surface area is 282 Å². The predicted molar refractivity (Wildman–Crippen MR) is 195 cm³/mol. The molecule has 0 aromatic heterocycles. The lowest BCUT2D eigenvalue weighted by molar-refractivity contribution is 0.406. The Morgan fingerprint density at radius 1 is 0.426 bits per heavy atom.